The molecule has 0 amide bonds. The number of hydrogen-bond donors (Lipinski definition) is 1. The van der Waals surface area contributed by atoms with E-state index >= 15 is 0 Å². The van der Waals surface area contributed by atoms with Gasteiger partial charge in [-0.2, -0.15) is 10.1 Å². The topological polar surface area (TPSA) is 103 Å². The molecule has 31 heavy (non-hydrogen) atoms. The summed E-state index contributed by atoms with van der Waals surface area (Å²) in [6.45, 7) is 1.51. The highest BCUT2D eigenvalue weighted by atomic mass is 32.2. The van der Waals surface area contributed by atoms with Crippen molar-refractivity contribution >= 4 is 27.1 Å². The fourth-order valence-corrected chi connectivity index (χ4v) is 4.41. The molecule has 9 nitrogen and oxygen atoms in total. The first kappa shape index (κ1) is 19.7. The lowest BCUT2D eigenvalue weighted by Gasteiger charge is -2.22. The molecule has 3 aromatic heterocycles. The summed E-state index contributed by atoms with van der Waals surface area (Å²) in [7, 11) is -3.30. The number of hydrogen-bond acceptors (Lipinski definition) is 7. The number of sulfone groups is 1. The van der Waals surface area contributed by atoms with E-state index in [1.54, 1.807) is 28.9 Å². The largest absolute Gasteiger partial charge is 0.381 e. The number of aromatic nitrogens is 5. The van der Waals surface area contributed by atoms with Gasteiger partial charge in [-0.1, -0.05) is 18.2 Å². The van der Waals surface area contributed by atoms with Crippen molar-refractivity contribution in [3.63, 3.8) is 0 Å². The zero-order valence-electron chi connectivity index (χ0n) is 17.0. The average molecular weight is 439 g/mol. The Hall–Kier alpha value is -3.24. The Morgan fingerprint density at radius 2 is 1.94 bits per heavy atom. The third-order valence-electron chi connectivity index (χ3n) is 5.34. The van der Waals surface area contributed by atoms with Crippen LogP contribution in [0.1, 0.15) is 18.9 Å². The fraction of sp³-hybridized carbons (Fsp3) is 0.286. The van der Waals surface area contributed by atoms with Gasteiger partial charge in [-0.05, 0) is 37.1 Å². The number of anilines is 2. The number of rotatable bonds is 5. The SMILES string of the molecule is CS(=O)(=O)c1cccc(-c2cccc3nc(Nc4cnn(C5CCOCC5)c4)nn23)c1. The van der Waals surface area contributed by atoms with Crippen LogP contribution < -0.4 is 5.32 Å². The Bertz CT molecular complexity index is 1340. The van der Waals surface area contributed by atoms with Gasteiger partial charge in [-0.15, -0.1) is 5.10 Å². The molecule has 0 saturated carbocycles. The summed E-state index contributed by atoms with van der Waals surface area (Å²) in [4.78, 5) is 4.82. The minimum Gasteiger partial charge on any atom is -0.381 e. The highest BCUT2D eigenvalue weighted by Crippen LogP contribution is 2.25. The Labute approximate surface area is 179 Å². The molecule has 0 aliphatic carbocycles. The van der Waals surface area contributed by atoms with Crippen LogP contribution >= 0.6 is 0 Å². The van der Waals surface area contributed by atoms with Crippen molar-refractivity contribution in [2.45, 2.75) is 23.8 Å². The van der Waals surface area contributed by atoms with Gasteiger partial charge >= 0.3 is 0 Å². The van der Waals surface area contributed by atoms with E-state index in [2.05, 4.69) is 20.5 Å². The first-order valence-corrected chi connectivity index (χ1v) is 11.9. The van der Waals surface area contributed by atoms with E-state index in [4.69, 9.17) is 4.74 Å². The second kappa shape index (κ2) is 7.78. The van der Waals surface area contributed by atoms with Crippen LogP contribution in [0, 0.1) is 0 Å². The molecule has 1 aliphatic rings. The minimum atomic E-state index is -3.30. The molecule has 0 spiro atoms. The molecule has 5 rings (SSSR count). The summed E-state index contributed by atoms with van der Waals surface area (Å²) in [6.07, 6.45) is 6.81. The van der Waals surface area contributed by atoms with Gasteiger partial charge in [-0.3, -0.25) is 4.68 Å². The van der Waals surface area contributed by atoms with E-state index in [-0.39, 0.29) is 4.90 Å². The lowest BCUT2D eigenvalue weighted by atomic mass is 10.1. The van der Waals surface area contributed by atoms with Crippen molar-refractivity contribution in [2.24, 2.45) is 0 Å². The Kier molecular flexibility index (Phi) is 4.95. The molecule has 0 radical (unpaired) electrons. The predicted molar refractivity (Wildman–Crippen MR) is 116 cm³/mol. The number of nitrogens with one attached hydrogen (secondary N) is 1. The molecule has 0 atom stereocenters. The van der Waals surface area contributed by atoms with E-state index in [1.807, 2.05) is 35.1 Å². The van der Waals surface area contributed by atoms with Crippen molar-refractivity contribution in [3.8, 4) is 11.3 Å². The summed E-state index contributed by atoms with van der Waals surface area (Å²) in [5, 5.41) is 12.3. The van der Waals surface area contributed by atoms with Gasteiger partial charge in [0.2, 0.25) is 5.95 Å². The number of nitrogens with zero attached hydrogens (tertiary/aromatic N) is 5. The maximum absolute atomic E-state index is 11.9. The van der Waals surface area contributed by atoms with Crippen LogP contribution in [-0.4, -0.2) is 52.3 Å². The normalized spacial score (nSPS) is 15.4. The molecule has 1 aliphatic heterocycles. The van der Waals surface area contributed by atoms with Gasteiger partial charge in [0.15, 0.2) is 15.5 Å². The quantitative estimate of drug-likeness (QED) is 0.511. The van der Waals surface area contributed by atoms with E-state index < -0.39 is 9.84 Å². The Morgan fingerprint density at radius 1 is 1.13 bits per heavy atom. The molecule has 4 aromatic rings. The minimum absolute atomic E-state index is 0.265. The van der Waals surface area contributed by atoms with Crippen LogP contribution in [0.25, 0.3) is 16.9 Å². The summed E-state index contributed by atoms with van der Waals surface area (Å²) in [6, 6.07) is 12.8. The van der Waals surface area contributed by atoms with Crippen LogP contribution in [0.3, 0.4) is 0 Å². The first-order valence-electron chi connectivity index (χ1n) is 10.0. The molecule has 0 unspecified atom stereocenters. The third kappa shape index (κ3) is 4.04. The lowest BCUT2D eigenvalue weighted by Crippen LogP contribution is -2.19. The monoisotopic (exact) mass is 438 g/mol. The predicted octanol–water partition coefficient (Wildman–Crippen LogP) is 3.09. The zero-order valence-corrected chi connectivity index (χ0v) is 17.8. The standard InChI is InChI=1S/C21H22N6O3S/c1-31(28,29)18-5-2-4-15(12-18)19-6-3-7-20-24-21(25-27(19)20)23-16-13-22-26(14-16)17-8-10-30-11-9-17/h2-7,12-14,17H,8-11H2,1H3,(H,23,25). The van der Waals surface area contributed by atoms with Crippen LogP contribution in [-0.2, 0) is 14.6 Å². The number of pyridine rings is 1. The van der Waals surface area contributed by atoms with Crippen LogP contribution in [0.4, 0.5) is 11.6 Å². The molecule has 0 bridgehead atoms. The molecular weight excluding hydrogens is 416 g/mol. The summed E-state index contributed by atoms with van der Waals surface area (Å²) in [5.41, 5.74) is 2.96. The van der Waals surface area contributed by atoms with Crippen molar-refractivity contribution in [1.29, 1.82) is 0 Å². The van der Waals surface area contributed by atoms with Crippen molar-refractivity contribution in [3.05, 3.63) is 54.9 Å². The molecule has 1 N–H and O–H groups in total. The highest BCUT2D eigenvalue weighted by Gasteiger charge is 2.17. The Morgan fingerprint density at radius 3 is 2.74 bits per heavy atom. The van der Waals surface area contributed by atoms with Gasteiger partial charge < -0.3 is 10.1 Å². The van der Waals surface area contributed by atoms with Gasteiger partial charge in [0.25, 0.3) is 0 Å². The molecule has 10 heteroatoms. The molecule has 1 saturated heterocycles. The first-order chi connectivity index (χ1) is 15.0. The van der Waals surface area contributed by atoms with Crippen molar-refractivity contribution < 1.29 is 13.2 Å². The lowest BCUT2D eigenvalue weighted by molar-refractivity contribution is 0.0662. The second-order valence-electron chi connectivity index (χ2n) is 7.59. The molecule has 1 fully saturated rings. The van der Waals surface area contributed by atoms with Crippen molar-refractivity contribution in [1.82, 2.24) is 24.4 Å². The van der Waals surface area contributed by atoms with Gasteiger partial charge in [0.1, 0.15) is 0 Å². The average Bonchev–Trinajstić information content (AvgIpc) is 3.40. The number of fused-ring (bicyclic) bond motifs is 1. The van der Waals surface area contributed by atoms with Gasteiger partial charge in [0.05, 0.1) is 28.5 Å². The van der Waals surface area contributed by atoms with Gasteiger partial charge in [-0.25, -0.2) is 12.9 Å². The van der Waals surface area contributed by atoms with E-state index in [0.717, 1.165) is 43.0 Å². The zero-order chi connectivity index (χ0) is 21.4. The molecule has 160 valence electrons. The van der Waals surface area contributed by atoms with E-state index in [9.17, 15) is 8.42 Å². The third-order valence-corrected chi connectivity index (χ3v) is 6.45. The smallest absolute Gasteiger partial charge is 0.247 e. The van der Waals surface area contributed by atoms with Crippen LogP contribution in [0.15, 0.2) is 59.8 Å². The van der Waals surface area contributed by atoms with Gasteiger partial charge in [0, 0.05) is 31.2 Å². The summed E-state index contributed by atoms with van der Waals surface area (Å²) in [5.74, 6) is 0.443. The number of ether oxygens (including phenoxy) is 1. The second-order valence-corrected chi connectivity index (χ2v) is 9.61. The fourth-order valence-electron chi connectivity index (χ4n) is 3.74. The Balaban J connectivity index is 1.45. The molecule has 4 heterocycles. The molecule has 1 aromatic carbocycles. The number of benzene rings is 1. The molecular formula is C21H22N6O3S. The summed E-state index contributed by atoms with van der Waals surface area (Å²) < 4.78 is 33.0. The van der Waals surface area contributed by atoms with Crippen LogP contribution in [0.2, 0.25) is 0 Å². The maximum Gasteiger partial charge on any atom is 0.247 e. The van der Waals surface area contributed by atoms with E-state index in [0.29, 0.717) is 17.6 Å². The summed E-state index contributed by atoms with van der Waals surface area (Å²) >= 11 is 0. The van der Waals surface area contributed by atoms with Crippen LogP contribution in [0.5, 0.6) is 0 Å². The van der Waals surface area contributed by atoms with E-state index in [1.165, 1.54) is 6.26 Å². The highest BCUT2D eigenvalue weighted by molar-refractivity contribution is 7.90. The van der Waals surface area contributed by atoms with Crippen molar-refractivity contribution in [2.75, 3.05) is 24.8 Å². The maximum atomic E-state index is 11.9.